The lowest BCUT2D eigenvalue weighted by Crippen LogP contribution is -2.45. The average molecular weight is 294 g/mol. The summed E-state index contributed by atoms with van der Waals surface area (Å²) in [4.78, 5) is 28.4. The molecule has 2 amide bonds. The van der Waals surface area contributed by atoms with E-state index in [0.717, 1.165) is 25.8 Å². The number of carboxylic acid groups (broad SMARTS) is 1. The minimum absolute atomic E-state index is 0.0468. The van der Waals surface area contributed by atoms with Crippen LogP contribution in [0.1, 0.15) is 25.7 Å². The molecule has 116 valence electrons. The number of nitrogens with zero attached hydrogens (tertiary/aromatic N) is 3. The Morgan fingerprint density at radius 1 is 1.33 bits per heavy atom. The van der Waals surface area contributed by atoms with Crippen molar-refractivity contribution in [3.8, 4) is 0 Å². The third kappa shape index (κ3) is 5.09. The van der Waals surface area contributed by atoms with Crippen molar-refractivity contribution in [1.29, 1.82) is 0 Å². The largest absolute Gasteiger partial charge is 0.481 e. The highest BCUT2D eigenvalue weighted by molar-refractivity contribution is 5.74. The molecule has 1 aliphatic rings. The Kier molecular flexibility index (Phi) is 5.59. The zero-order valence-electron chi connectivity index (χ0n) is 12.1. The van der Waals surface area contributed by atoms with Crippen LogP contribution in [0.15, 0.2) is 18.7 Å². The van der Waals surface area contributed by atoms with Gasteiger partial charge in [0.2, 0.25) is 0 Å². The number of rotatable bonds is 6. The second-order valence-corrected chi connectivity index (χ2v) is 5.41. The first-order chi connectivity index (χ1) is 10.1. The van der Waals surface area contributed by atoms with Crippen LogP contribution in [0, 0.1) is 5.92 Å². The molecular weight excluding hydrogens is 272 g/mol. The lowest BCUT2D eigenvalue weighted by Gasteiger charge is -2.31. The number of carbonyl (C=O) groups excluding carboxylic acids is 1. The van der Waals surface area contributed by atoms with Crippen molar-refractivity contribution in [3.63, 3.8) is 0 Å². The van der Waals surface area contributed by atoms with E-state index in [1.165, 1.54) is 0 Å². The number of likely N-dealkylation sites (tertiary alicyclic amines) is 1. The van der Waals surface area contributed by atoms with Crippen LogP contribution in [0.5, 0.6) is 0 Å². The van der Waals surface area contributed by atoms with Gasteiger partial charge >= 0.3 is 12.0 Å². The molecule has 1 aromatic rings. The molecule has 0 bridgehead atoms. The van der Waals surface area contributed by atoms with E-state index in [1.54, 1.807) is 17.4 Å². The maximum atomic E-state index is 12.0. The Labute approximate surface area is 124 Å². The van der Waals surface area contributed by atoms with Crippen LogP contribution in [0.4, 0.5) is 4.79 Å². The predicted molar refractivity (Wildman–Crippen MR) is 76.8 cm³/mol. The summed E-state index contributed by atoms with van der Waals surface area (Å²) < 4.78 is 1.98. The van der Waals surface area contributed by atoms with Gasteiger partial charge in [-0.1, -0.05) is 0 Å². The van der Waals surface area contributed by atoms with Crippen LogP contribution in [0.25, 0.3) is 0 Å². The number of piperidine rings is 1. The fourth-order valence-electron chi connectivity index (χ4n) is 2.57. The summed E-state index contributed by atoms with van der Waals surface area (Å²) in [5.41, 5.74) is 0. The molecule has 21 heavy (non-hydrogen) atoms. The van der Waals surface area contributed by atoms with Gasteiger partial charge < -0.3 is 19.9 Å². The molecule has 2 rings (SSSR count). The Morgan fingerprint density at radius 2 is 2.10 bits per heavy atom. The molecule has 1 aliphatic heterocycles. The van der Waals surface area contributed by atoms with Crippen LogP contribution in [-0.2, 0) is 11.3 Å². The molecule has 0 saturated carbocycles. The Bertz CT molecular complexity index is 453. The molecule has 1 aromatic heterocycles. The molecule has 1 saturated heterocycles. The van der Waals surface area contributed by atoms with Gasteiger partial charge in [0.05, 0.1) is 6.33 Å². The molecular formula is C14H22N4O3. The molecule has 0 unspecified atom stereocenters. The normalized spacial score (nSPS) is 15.9. The standard InChI is InChI=1S/C14H22N4O3/c19-13(20)10-12-2-7-18(8-3-12)14(21)16-4-1-6-17-9-5-15-11-17/h5,9,11-12H,1-4,6-8,10H2,(H,16,21)(H,19,20). The van der Waals surface area contributed by atoms with Crippen LogP contribution >= 0.6 is 0 Å². The number of imidazole rings is 1. The first-order valence-electron chi connectivity index (χ1n) is 7.35. The van der Waals surface area contributed by atoms with Gasteiger partial charge in [-0.25, -0.2) is 9.78 Å². The van der Waals surface area contributed by atoms with Crippen molar-refractivity contribution < 1.29 is 14.7 Å². The molecule has 7 nitrogen and oxygen atoms in total. The number of carboxylic acids is 1. The fraction of sp³-hybridized carbons (Fsp3) is 0.643. The summed E-state index contributed by atoms with van der Waals surface area (Å²) in [6.45, 7) is 2.75. The third-order valence-electron chi connectivity index (χ3n) is 3.79. The van der Waals surface area contributed by atoms with Crippen molar-refractivity contribution in [1.82, 2.24) is 19.8 Å². The van der Waals surface area contributed by atoms with Crippen LogP contribution in [0.3, 0.4) is 0 Å². The zero-order valence-corrected chi connectivity index (χ0v) is 12.1. The van der Waals surface area contributed by atoms with Gasteiger partial charge in [-0.05, 0) is 25.2 Å². The van der Waals surface area contributed by atoms with Crippen LogP contribution < -0.4 is 5.32 Å². The van der Waals surface area contributed by atoms with Crippen molar-refractivity contribution >= 4 is 12.0 Å². The molecule has 0 radical (unpaired) electrons. The van der Waals surface area contributed by atoms with Gasteiger partial charge in [0.15, 0.2) is 0 Å². The van der Waals surface area contributed by atoms with Crippen molar-refractivity contribution in [2.45, 2.75) is 32.2 Å². The van der Waals surface area contributed by atoms with E-state index in [9.17, 15) is 9.59 Å². The molecule has 0 aromatic carbocycles. The average Bonchev–Trinajstić information content (AvgIpc) is 2.97. The minimum Gasteiger partial charge on any atom is -0.481 e. The van der Waals surface area contributed by atoms with Crippen LogP contribution in [0.2, 0.25) is 0 Å². The summed E-state index contributed by atoms with van der Waals surface area (Å²) in [6, 6.07) is -0.0468. The maximum Gasteiger partial charge on any atom is 0.317 e. The Hall–Kier alpha value is -2.05. The van der Waals surface area contributed by atoms with Crippen molar-refractivity contribution in [3.05, 3.63) is 18.7 Å². The Morgan fingerprint density at radius 3 is 2.71 bits per heavy atom. The topological polar surface area (TPSA) is 87.5 Å². The molecule has 0 atom stereocenters. The van der Waals surface area contributed by atoms with Gasteiger partial charge in [0.1, 0.15) is 0 Å². The highest BCUT2D eigenvalue weighted by Gasteiger charge is 2.23. The lowest BCUT2D eigenvalue weighted by molar-refractivity contribution is -0.138. The van der Waals surface area contributed by atoms with Crippen LogP contribution in [-0.4, -0.2) is 51.2 Å². The number of aliphatic carboxylic acids is 1. The third-order valence-corrected chi connectivity index (χ3v) is 3.79. The monoisotopic (exact) mass is 294 g/mol. The number of aryl methyl sites for hydroxylation is 1. The summed E-state index contributed by atoms with van der Waals surface area (Å²) >= 11 is 0. The molecule has 2 heterocycles. The first-order valence-corrected chi connectivity index (χ1v) is 7.35. The fourth-order valence-corrected chi connectivity index (χ4v) is 2.57. The van der Waals surface area contributed by atoms with Gasteiger partial charge in [-0.2, -0.15) is 0 Å². The Balaban J connectivity index is 1.60. The van der Waals surface area contributed by atoms with Gasteiger partial charge in [-0.15, -0.1) is 0 Å². The number of urea groups is 1. The second-order valence-electron chi connectivity index (χ2n) is 5.41. The molecule has 2 N–H and O–H groups in total. The van der Waals surface area contributed by atoms with E-state index in [-0.39, 0.29) is 18.4 Å². The van der Waals surface area contributed by atoms with Gasteiger partial charge in [0, 0.05) is 45.0 Å². The summed E-state index contributed by atoms with van der Waals surface area (Å²) in [5, 5.41) is 11.7. The van der Waals surface area contributed by atoms with Crippen molar-refractivity contribution in [2.75, 3.05) is 19.6 Å². The number of nitrogens with one attached hydrogen (secondary N) is 1. The van der Waals surface area contributed by atoms with E-state index in [4.69, 9.17) is 5.11 Å². The number of amides is 2. The highest BCUT2D eigenvalue weighted by Crippen LogP contribution is 2.20. The summed E-state index contributed by atoms with van der Waals surface area (Å²) in [5.74, 6) is -0.551. The molecule has 7 heteroatoms. The van der Waals surface area contributed by atoms with E-state index in [1.807, 2.05) is 10.8 Å². The lowest BCUT2D eigenvalue weighted by atomic mass is 9.94. The summed E-state index contributed by atoms with van der Waals surface area (Å²) in [6.07, 6.45) is 8.01. The van der Waals surface area contributed by atoms with Gasteiger partial charge in [-0.3, -0.25) is 4.79 Å². The van der Waals surface area contributed by atoms with E-state index >= 15 is 0 Å². The zero-order chi connectivity index (χ0) is 15.1. The molecule has 0 aliphatic carbocycles. The van der Waals surface area contributed by atoms with E-state index < -0.39 is 5.97 Å². The van der Waals surface area contributed by atoms with E-state index in [2.05, 4.69) is 10.3 Å². The molecule has 0 spiro atoms. The predicted octanol–water partition coefficient (Wildman–Crippen LogP) is 1.17. The first kappa shape index (κ1) is 15.3. The number of hydrogen-bond acceptors (Lipinski definition) is 3. The number of aromatic nitrogens is 2. The van der Waals surface area contributed by atoms with E-state index in [0.29, 0.717) is 19.6 Å². The summed E-state index contributed by atoms with van der Waals surface area (Å²) in [7, 11) is 0. The smallest absolute Gasteiger partial charge is 0.317 e. The van der Waals surface area contributed by atoms with Crippen molar-refractivity contribution in [2.24, 2.45) is 5.92 Å². The quantitative estimate of drug-likeness (QED) is 0.771. The number of hydrogen-bond donors (Lipinski definition) is 2. The van der Waals surface area contributed by atoms with Gasteiger partial charge in [0.25, 0.3) is 0 Å². The number of carbonyl (C=O) groups is 2. The maximum absolute atomic E-state index is 12.0. The molecule has 1 fully saturated rings. The SMILES string of the molecule is O=C(O)CC1CCN(C(=O)NCCCn2ccnc2)CC1. The highest BCUT2D eigenvalue weighted by atomic mass is 16.4. The minimum atomic E-state index is -0.752. The second kappa shape index (κ2) is 7.66.